The van der Waals surface area contributed by atoms with Crippen LogP contribution in [0.4, 0.5) is 0 Å². The Morgan fingerprint density at radius 1 is 1.29 bits per heavy atom. The van der Waals surface area contributed by atoms with Gasteiger partial charge >= 0.3 is 0 Å². The maximum atomic E-state index is 11.1. The lowest BCUT2D eigenvalue weighted by molar-refractivity contribution is -0.122. The van der Waals surface area contributed by atoms with Gasteiger partial charge in [0.25, 0.3) is 0 Å². The minimum atomic E-state index is -0.625. The summed E-state index contributed by atoms with van der Waals surface area (Å²) < 4.78 is 0. The standard InChI is InChI=1S/C8H16N2O4/c1-6(13)9-3-2-8(14)10-7(4-11)5-12/h7,11-12H,2-5H2,1H3,(H,9,13)(H,10,14). The molecule has 2 amide bonds. The summed E-state index contributed by atoms with van der Waals surface area (Å²) in [6.07, 6.45) is 0.135. The third kappa shape index (κ3) is 6.38. The molecule has 0 aliphatic heterocycles. The number of aliphatic hydroxyl groups excluding tert-OH is 2. The van der Waals surface area contributed by atoms with Crippen LogP contribution < -0.4 is 10.6 Å². The summed E-state index contributed by atoms with van der Waals surface area (Å²) in [6, 6.07) is -0.625. The van der Waals surface area contributed by atoms with Crippen LogP contribution in [0.2, 0.25) is 0 Å². The molecule has 0 spiro atoms. The molecule has 0 bridgehead atoms. The van der Waals surface area contributed by atoms with Crippen LogP contribution in [0.5, 0.6) is 0 Å². The van der Waals surface area contributed by atoms with Crippen molar-refractivity contribution in [2.45, 2.75) is 19.4 Å². The van der Waals surface area contributed by atoms with Crippen molar-refractivity contribution in [3.63, 3.8) is 0 Å². The van der Waals surface area contributed by atoms with Crippen LogP contribution in [0.1, 0.15) is 13.3 Å². The van der Waals surface area contributed by atoms with E-state index in [1.165, 1.54) is 6.92 Å². The SMILES string of the molecule is CC(=O)NCCC(=O)NC(CO)CO. The topological polar surface area (TPSA) is 98.7 Å². The van der Waals surface area contributed by atoms with Gasteiger partial charge < -0.3 is 20.8 Å². The number of amides is 2. The second-order valence-corrected chi connectivity index (χ2v) is 2.86. The second-order valence-electron chi connectivity index (χ2n) is 2.86. The van der Waals surface area contributed by atoms with Gasteiger partial charge in [-0.1, -0.05) is 0 Å². The fourth-order valence-corrected chi connectivity index (χ4v) is 0.801. The van der Waals surface area contributed by atoms with E-state index in [9.17, 15) is 9.59 Å². The summed E-state index contributed by atoms with van der Waals surface area (Å²) in [5.41, 5.74) is 0. The van der Waals surface area contributed by atoms with Crippen LogP contribution in [-0.4, -0.2) is 47.8 Å². The molecular weight excluding hydrogens is 188 g/mol. The first-order valence-corrected chi connectivity index (χ1v) is 4.35. The van der Waals surface area contributed by atoms with Crippen LogP contribution >= 0.6 is 0 Å². The highest BCUT2D eigenvalue weighted by Crippen LogP contribution is 1.83. The molecule has 0 rings (SSSR count). The first-order chi connectivity index (χ1) is 6.60. The van der Waals surface area contributed by atoms with E-state index < -0.39 is 6.04 Å². The molecule has 0 aromatic carbocycles. The predicted octanol–water partition coefficient (Wildman–Crippen LogP) is -2.02. The molecule has 0 aromatic heterocycles. The number of carbonyl (C=O) groups is 2. The zero-order valence-corrected chi connectivity index (χ0v) is 8.12. The van der Waals surface area contributed by atoms with Crippen molar-refractivity contribution in [2.24, 2.45) is 0 Å². The van der Waals surface area contributed by atoms with Gasteiger partial charge in [-0.05, 0) is 0 Å². The van der Waals surface area contributed by atoms with Gasteiger partial charge in [-0.2, -0.15) is 0 Å². The summed E-state index contributed by atoms with van der Waals surface area (Å²) >= 11 is 0. The quantitative estimate of drug-likeness (QED) is 0.401. The molecule has 0 aromatic rings. The Hall–Kier alpha value is -1.14. The van der Waals surface area contributed by atoms with E-state index in [4.69, 9.17) is 10.2 Å². The van der Waals surface area contributed by atoms with Gasteiger partial charge in [-0.25, -0.2) is 0 Å². The monoisotopic (exact) mass is 204 g/mol. The highest BCUT2D eigenvalue weighted by molar-refractivity contribution is 5.78. The molecule has 0 saturated carbocycles. The highest BCUT2D eigenvalue weighted by atomic mass is 16.3. The van der Waals surface area contributed by atoms with Crippen molar-refractivity contribution >= 4 is 11.8 Å². The van der Waals surface area contributed by atoms with Gasteiger partial charge in [0, 0.05) is 19.9 Å². The molecule has 0 unspecified atom stereocenters. The van der Waals surface area contributed by atoms with Gasteiger partial charge in [0.15, 0.2) is 0 Å². The molecule has 0 atom stereocenters. The lowest BCUT2D eigenvalue weighted by Gasteiger charge is -2.12. The van der Waals surface area contributed by atoms with Gasteiger partial charge in [0.05, 0.1) is 19.3 Å². The summed E-state index contributed by atoms with van der Waals surface area (Å²) in [7, 11) is 0. The van der Waals surface area contributed by atoms with Crippen molar-refractivity contribution in [2.75, 3.05) is 19.8 Å². The summed E-state index contributed by atoms with van der Waals surface area (Å²) in [5, 5.41) is 22.1. The maximum absolute atomic E-state index is 11.1. The number of hydrogen-bond donors (Lipinski definition) is 4. The average molecular weight is 204 g/mol. The lowest BCUT2D eigenvalue weighted by atomic mass is 10.3. The van der Waals surface area contributed by atoms with Gasteiger partial charge in [-0.15, -0.1) is 0 Å². The minimum Gasteiger partial charge on any atom is -0.394 e. The van der Waals surface area contributed by atoms with E-state index in [1.54, 1.807) is 0 Å². The van der Waals surface area contributed by atoms with Gasteiger partial charge in [0.2, 0.25) is 11.8 Å². The zero-order chi connectivity index (χ0) is 11.0. The molecule has 0 heterocycles. The average Bonchev–Trinajstić information content (AvgIpc) is 2.13. The lowest BCUT2D eigenvalue weighted by Crippen LogP contribution is -2.41. The Morgan fingerprint density at radius 2 is 1.86 bits per heavy atom. The number of nitrogens with one attached hydrogen (secondary N) is 2. The summed E-state index contributed by atoms with van der Waals surface area (Å²) in [6.45, 7) is 1.01. The molecular formula is C8H16N2O4. The first-order valence-electron chi connectivity index (χ1n) is 4.35. The largest absolute Gasteiger partial charge is 0.394 e. The summed E-state index contributed by atoms with van der Waals surface area (Å²) in [4.78, 5) is 21.5. The molecule has 6 nitrogen and oxygen atoms in total. The molecule has 0 saturated heterocycles. The number of aliphatic hydroxyl groups is 2. The number of rotatable bonds is 6. The molecule has 4 N–H and O–H groups in total. The van der Waals surface area contributed by atoms with Gasteiger partial charge in [0.1, 0.15) is 0 Å². The van der Waals surface area contributed by atoms with Crippen molar-refractivity contribution < 1.29 is 19.8 Å². The van der Waals surface area contributed by atoms with Crippen molar-refractivity contribution in [1.29, 1.82) is 0 Å². The fourth-order valence-electron chi connectivity index (χ4n) is 0.801. The molecule has 6 heteroatoms. The fraction of sp³-hybridized carbons (Fsp3) is 0.750. The molecule has 0 aliphatic rings. The number of carbonyl (C=O) groups excluding carboxylic acids is 2. The van der Waals surface area contributed by atoms with E-state index in [1.807, 2.05) is 0 Å². The Morgan fingerprint density at radius 3 is 2.29 bits per heavy atom. The first kappa shape index (κ1) is 12.9. The zero-order valence-electron chi connectivity index (χ0n) is 8.12. The minimum absolute atomic E-state index is 0.135. The van der Waals surface area contributed by atoms with Crippen molar-refractivity contribution in [3.8, 4) is 0 Å². The van der Waals surface area contributed by atoms with E-state index in [0.29, 0.717) is 0 Å². The van der Waals surface area contributed by atoms with E-state index >= 15 is 0 Å². The smallest absolute Gasteiger partial charge is 0.222 e. The third-order valence-electron chi connectivity index (χ3n) is 1.53. The Kier molecular flexibility index (Phi) is 6.69. The van der Waals surface area contributed by atoms with E-state index in [0.717, 1.165) is 0 Å². The van der Waals surface area contributed by atoms with Crippen LogP contribution in [0.25, 0.3) is 0 Å². The molecule has 0 radical (unpaired) electrons. The Bertz CT molecular complexity index is 192. The van der Waals surface area contributed by atoms with Gasteiger partial charge in [-0.3, -0.25) is 9.59 Å². The summed E-state index contributed by atoms with van der Waals surface area (Å²) in [5.74, 6) is -0.509. The highest BCUT2D eigenvalue weighted by Gasteiger charge is 2.09. The third-order valence-corrected chi connectivity index (χ3v) is 1.53. The normalized spacial score (nSPS) is 10.0. The number of hydrogen-bond acceptors (Lipinski definition) is 4. The second kappa shape index (κ2) is 7.28. The van der Waals surface area contributed by atoms with E-state index in [-0.39, 0.29) is 38.0 Å². The molecule has 0 fully saturated rings. The van der Waals surface area contributed by atoms with Crippen molar-refractivity contribution in [3.05, 3.63) is 0 Å². The van der Waals surface area contributed by atoms with Crippen LogP contribution in [0.3, 0.4) is 0 Å². The Balaban J connectivity index is 3.59. The van der Waals surface area contributed by atoms with Crippen LogP contribution in [0, 0.1) is 0 Å². The molecule has 14 heavy (non-hydrogen) atoms. The molecule has 0 aliphatic carbocycles. The van der Waals surface area contributed by atoms with E-state index in [2.05, 4.69) is 10.6 Å². The van der Waals surface area contributed by atoms with Crippen molar-refractivity contribution in [1.82, 2.24) is 10.6 Å². The Labute approximate surface area is 82.3 Å². The molecule has 82 valence electrons. The predicted molar refractivity (Wildman–Crippen MR) is 49.4 cm³/mol. The van der Waals surface area contributed by atoms with Crippen LogP contribution in [-0.2, 0) is 9.59 Å². The van der Waals surface area contributed by atoms with Crippen LogP contribution in [0.15, 0.2) is 0 Å². The maximum Gasteiger partial charge on any atom is 0.222 e.